The smallest absolute Gasteiger partial charge is 0.193 e. The van der Waals surface area contributed by atoms with Crippen LogP contribution in [0, 0.1) is 6.92 Å². The molecule has 0 aliphatic heterocycles. The fraction of sp³-hybridized carbons (Fsp3) is 0.250. The summed E-state index contributed by atoms with van der Waals surface area (Å²) in [6.45, 7) is 6.22. The van der Waals surface area contributed by atoms with E-state index >= 15 is 0 Å². The number of fused-ring (bicyclic) bond motifs is 1. The van der Waals surface area contributed by atoms with Crippen LogP contribution in [0.5, 0.6) is 0 Å². The van der Waals surface area contributed by atoms with Crippen molar-refractivity contribution in [3.05, 3.63) is 76.4 Å². The van der Waals surface area contributed by atoms with Crippen LogP contribution in [-0.2, 0) is 5.41 Å². The molecule has 0 fully saturated rings. The maximum absolute atomic E-state index is 12.8. The Morgan fingerprint density at radius 1 is 1.05 bits per heavy atom. The average molecular weight is 292 g/mol. The van der Waals surface area contributed by atoms with Gasteiger partial charge in [0.2, 0.25) is 0 Å². The van der Waals surface area contributed by atoms with E-state index in [9.17, 15) is 9.90 Å². The predicted molar refractivity (Wildman–Crippen MR) is 89.1 cm³/mol. The number of aliphatic hydroxyl groups excluding tert-OH is 1. The summed E-state index contributed by atoms with van der Waals surface area (Å²) < 4.78 is 0. The highest BCUT2D eigenvalue weighted by Gasteiger charge is 2.36. The van der Waals surface area contributed by atoms with Crippen LogP contribution in [0.4, 0.5) is 0 Å². The quantitative estimate of drug-likeness (QED) is 0.604. The third-order valence-corrected chi connectivity index (χ3v) is 4.40. The third-order valence-electron chi connectivity index (χ3n) is 4.40. The van der Waals surface area contributed by atoms with Gasteiger partial charge in [-0.05, 0) is 24.3 Å². The van der Waals surface area contributed by atoms with Gasteiger partial charge in [-0.25, -0.2) is 0 Å². The van der Waals surface area contributed by atoms with Crippen molar-refractivity contribution in [2.24, 2.45) is 0 Å². The fourth-order valence-electron chi connectivity index (χ4n) is 3.13. The number of hydrogen-bond acceptors (Lipinski definition) is 2. The van der Waals surface area contributed by atoms with Crippen LogP contribution in [0.2, 0.25) is 0 Å². The van der Waals surface area contributed by atoms with Crippen LogP contribution < -0.4 is 0 Å². The molecule has 2 aromatic rings. The molecule has 112 valence electrons. The molecule has 0 saturated carbocycles. The lowest BCUT2D eigenvalue weighted by atomic mass is 9.69. The zero-order valence-electron chi connectivity index (χ0n) is 13.2. The molecule has 2 heteroatoms. The Morgan fingerprint density at radius 2 is 1.68 bits per heavy atom. The van der Waals surface area contributed by atoms with Crippen molar-refractivity contribution in [2.75, 3.05) is 0 Å². The molecule has 1 N–H and O–H groups in total. The summed E-state index contributed by atoms with van der Waals surface area (Å²) in [7, 11) is 0. The van der Waals surface area contributed by atoms with Crippen LogP contribution >= 0.6 is 0 Å². The first-order chi connectivity index (χ1) is 10.4. The number of carbonyl (C=O) groups excluding carboxylic acids is 1. The maximum atomic E-state index is 12.8. The standard InChI is InChI=1S/C20H20O2/c1-13-8-10-14(11-9-13)18(21)16-12-20(2,3)17-7-5-4-6-15(17)19(16)22/h4-11,21H,12H2,1-3H3. The summed E-state index contributed by atoms with van der Waals surface area (Å²) in [6, 6.07) is 15.3. The van der Waals surface area contributed by atoms with Gasteiger partial charge in [-0.3, -0.25) is 4.79 Å². The predicted octanol–water partition coefficient (Wildman–Crippen LogP) is 4.83. The SMILES string of the molecule is Cc1ccc(C(O)=C2CC(C)(C)c3ccccc3C2=O)cc1. The molecule has 0 unspecified atom stereocenters. The van der Waals surface area contributed by atoms with Gasteiger partial charge in [-0.15, -0.1) is 0 Å². The minimum atomic E-state index is -0.168. The number of carbonyl (C=O) groups is 1. The highest BCUT2D eigenvalue weighted by Crippen LogP contribution is 2.41. The Bertz CT molecular complexity index is 765. The number of hydrogen-bond donors (Lipinski definition) is 1. The zero-order chi connectivity index (χ0) is 15.9. The number of aryl methyl sites for hydroxylation is 1. The second kappa shape index (κ2) is 5.13. The molecular weight excluding hydrogens is 272 g/mol. The summed E-state index contributed by atoms with van der Waals surface area (Å²) in [5.74, 6) is 0.0422. The molecule has 1 aliphatic carbocycles. The van der Waals surface area contributed by atoms with Crippen LogP contribution in [0.3, 0.4) is 0 Å². The molecule has 0 aromatic heterocycles. The lowest BCUT2D eigenvalue weighted by Gasteiger charge is -2.33. The van der Waals surface area contributed by atoms with Crippen LogP contribution in [0.15, 0.2) is 54.1 Å². The molecule has 1 aliphatic rings. The Hall–Kier alpha value is -2.35. The molecule has 22 heavy (non-hydrogen) atoms. The number of Topliss-reactive ketones (excluding diaryl/α,β-unsaturated/α-hetero) is 1. The molecule has 2 aromatic carbocycles. The summed E-state index contributed by atoms with van der Waals surface area (Å²) >= 11 is 0. The van der Waals surface area contributed by atoms with Crippen molar-refractivity contribution in [1.29, 1.82) is 0 Å². The van der Waals surface area contributed by atoms with Crippen molar-refractivity contribution in [2.45, 2.75) is 32.6 Å². The van der Waals surface area contributed by atoms with Gasteiger partial charge in [0.15, 0.2) is 5.78 Å². The maximum Gasteiger partial charge on any atom is 0.193 e. The van der Waals surface area contributed by atoms with E-state index in [-0.39, 0.29) is 17.0 Å². The minimum absolute atomic E-state index is 0.0620. The first kappa shape index (κ1) is 14.6. The molecule has 3 rings (SSSR count). The number of aliphatic hydroxyl groups is 1. The van der Waals surface area contributed by atoms with E-state index in [0.29, 0.717) is 23.1 Å². The summed E-state index contributed by atoms with van der Waals surface area (Å²) in [5.41, 5.74) is 3.92. The topological polar surface area (TPSA) is 37.3 Å². The first-order valence-electron chi connectivity index (χ1n) is 7.53. The van der Waals surface area contributed by atoms with E-state index < -0.39 is 0 Å². The van der Waals surface area contributed by atoms with E-state index in [2.05, 4.69) is 13.8 Å². The number of ketones is 1. The lowest BCUT2D eigenvalue weighted by molar-refractivity contribution is 0.101. The highest BCUT2D eigenvalue weighted by molar-refractivity contribution is 6.14. The first-order valence-corrected chi connectivity index (χ1v) is 7.53. The molecule has 2 nitrogen and oxygen atoms in total. The molecule has 0 amide bonds. The third kappa shape index (κ3) is 2.35. The molecule has 0 saturated heterocycles. The van der Waals surface area contributed by atoms with Gasteiger partial charge < -0.3 is 5.11 Å². The Morgan fingerprint density at radius 3 is 2.36 bits per heavy atom. The number of allylic oxidation sites excluding steroid dienone is 1. The van der Waals surface area contributed by atoms with Gasteiger partial charge in [-0.1, -0.05) is 67.9 Å². The monoisotopic (exact) mass is 292 g/mol. The van der Waals surface area contributed by atoms with Gasteiger partial charge in [0.1, 0.15) is 5.76 Å². The molecule has 0 heterocycles. The molecule has 0 atom stereocenters. The van der Waals surface area contributed by atoms with Crippen LogP contribution in [0.1, 0.15) is 47.3 Å². The van der Waals surface area contributed by atoms with Crippen LogP contribution in [-0.4, -0.2) is 10.9 Å². The Kier molecular flexibility index (Phi) is 3.40. The largest absolute Gasteiger partial charge is 0.507 e. The van der Waals surface area contributed by atoms with Crippen molar-refractivity contribution < 1.29 is 9.90 Å². The Labute approximate surface area is 131 Å². The summed E-state index contributed by atoms with van der Waals surface area (Å²) in [6.07, 6.45) is 0.544. The van der Waals surface area contributed by atoms with Crippen LogP contribution in [0.25, 0.3) is 5.76 Å². The van der Waals surface area contributed by atoms with E-state index in [1.165, 1.54) is 0 Å². The number of benzene rings is 2. The molecule has 0 bridgehead atoms. The van der Waals surface area contributed by atoms with Crippen molar-refractivity contribution >= 4 is 11.5 Å². The second-order valence-electron chi connectivity index (χ2n) is 6.63. The zero-order valence-corrected chi connectivity index (χ0v) is 13.2. The second-order valence-corrected chi connectivity index (χ2v) is 6.63. The fourth-order valence-corrected chi connectivity index (χ4v) is 3.13. The highest BCUT2D eigenvalue weighted by atomic mass is 16.3. The normalized spacial score (nSPS) is 18.8. The number of rotatable bonds is 1. The van der Waals surface area contributed by atoms with E-state index in [0.717, 1.165) is 11.1 Å². The van der Waals surface area contributed by atoms with Gasteiger partial charge in [0.05, 0.1) is 0 Å². The summed E-state index contributed by atoms with van der Waals surface area (Å²) in [5, 5.41) is 10.6. The van der Waals surface area contributed by atoms with Gasteiger partial charge in [0.25, 0.3) is 0 Å². The average Bonchev–Trinajstić information content (AvgIpc) is 2.51. The van der Waals surface area contributed by atoms with E-state index in [1.54, 1.807) is 0 Å². The molecule has 0 radical (unpaired) electrons. The van der Waals surface area contributed by atoms with Gasteiger partial charge in [-0.2, -0.15) is 0 Å². The van der Waals surface area contributed by atoms with Crippen molar-refractivity contribution in [1.82, 2.24) is 0 Å². The lowest BCUT2D eigenvalue weighted by Crippen LogP contribution is -2.29. The van der Waals surface area contributed by atoms with Gasteiger partial charge >= 0.3 is 0 Å². The molecule has 0 spiro atoms. The van der Waals surface area contributed by atoms with Crippen molar-refractivity contribution in [3.63, 3.8) is 0 Å². The Balaban J connectivity index is 2.15. The van der Waals surface area contributed by atoms with E-state index in [4.69, 9.17) is 0 Å². The molecular formula is C20H20O2. The van der Waals surface area contributed by atoms with Crippen molar-refractivity contribution in [3.8, 4) is 0 Å². The van der Waals surface area contributed by atoms with Gasteiger partial charge in [0, 0.05) is 16.7 Å². The minimum Gasteiger partial charge on any atom is -0.507 e. The van der Waals surface area contributed by atoms with E-state index in [1.807, 2.05) is 55.5 Å². The summed E-state index contributed by atoms with van der Waals surface area (Å²) in [4.78, 5) is 12.8.